The molecule has 0 spiro atoms. The second kappa shape index (κ2) is 6.16. The first-order chi connectivity index (χ1) is 8.69. The number of benzene rings is 1. The summed E-state index contributed by atoms with van der Waals surface area (Å²) in [6, 6.07) is 5.25. The van der Waals surface area contributed by atoms with E-state index in [2.05, 4.69) is 4.90 Å². The monoisotopic (exact) mass is 252 g/mol. The Hall–Kier alpha value is -1.13. The lowest BCUT2D eigenvalue weighted by Gasteiger charge is -2.24. The lowest BCUT2D eigenvalue weighted by atomic mass is 10.1. The van der Waals surface area contributed by atoms with E-state index in [1.165, 1.54) is 18.9 Å². The minimum atomic E-state index is -0.267. The SMILES string of the molecule is Nc1cc(F)cc(CN2CCCC2CCCO)c1. The third-order valence-corrected chi connectivity index (χ3v) is 3.56. The number of nitrogens with zero attached hydrogens (tertiary/aromatic N) is 1. The Labute approximate surface area is 107 Å². The number of likely N-dealkylation sites (tertiary alicyclic amines) is 1. The molecule has 1 unspecified atom stereocenters. The molecule has 1 saturated heterocycles. The van der Waals surface area contributed by atoms with E-state index in [0.29, 0.717) is 11.7 Å². The van der Waals surface area contributed by atoms with Crippen molar-refractivity contribution in [1.82, 2.24) is 4.90 Å². The number of anilines is 1. The predicted molar refractivity (Wildman–Crippen MR) is 70.6 cm³/mol. The fourth-order valence-electron chi connectivity index (χ4n) is 2.76. The van der Waals surface area contributed by atoms with Crippen molar-refractivity contribution in [3.63, 3.8) is 0 Å². The van der Waals surface area contributed by atoms with Crippen molar-refractivity contribution < 1.29 is 9.50 Å². The predicted octanol–water partition coefficient (Wildman–Crippen LogP) is 2.14. The third kappa shape index (κ3) is 3.43. The normalized spacial score (nSPS) is 20.4. The zero-order chi connectivity index (χ0) is 13.0. The Balaban J connectivity index is 1.98. The summed E-state index contributed by atoms with van der Waals surface area (Å²) in [6.45, 7) is 2.04. The molecule has 2 rings (SSSR count). The van der Waals surface area contributed by atoms with Crippen LogP contribution in [0.1, 0.15) is 31.2 Å². The van der Waals surface area contributed by atoms with E-state index in [-0.39, 0.29) is 12.4 Å². The Morgan fingerprint density at radius 2 is 2.22 bits per heavy atom. The lowest BCUT2D eigenvalue weighted by molar-refractivity contribution is 0.210. The van der Waals surface area contributed by atoms with Gasteiger partial charge in [0.25, 0.3) is 0 Å². The van der Waals surface area contributed by atoms with Gasteiger partial charge in [0, 0.05) is 24.9 Å². The number of halogens is 1. The summed E-state index contributed by atoms with van der Waals surface area (Å²) in [5, 5.41) is 8.89. The molecule has 1 atom stereocenters. The second-order valence-electron chi connectivity index (χ2n) is 5.03. The van der Waals surface area contributed by atoms with Gasteiger partial charge in [-0.25, -0.2) is 4.39 Å². The van der Waals surface area contributed by atoms with Gasteiger partial charge in [-0.15, -0.1) is 0 Å². The van der Waals surface area contributed by atoms with Crippen LogP contribution in [0.5, 0.6) is 0 Å². The number of aliphatic hydroxyl groups excluding tert-OH is 1. The van der Waals surface area contributed by atoms with E-state index in [0.717, 1.165) is 31.5 Å². The van der Waals surface area contributed by atoms with Crippen LogP contribution in [0.4, 0.5) is 10.1 Å². The van der Waals surface area contributed by atoms with E-state index < -0.39 is 0 Å². The molecule has 0 amide bonds. The standard InChI is InChI=1S/C14H21FN2O/c15-12-7-11(8-13(16)9-12)10-17-5-1-3-14(17)4-2-6-18/h7-9,14,18H,1-6,10,16H2. The zero-order valence-corrected chi connectivity index (χ0v) is 10.6. The number of aliphatic hydroxyl groups is 1. The summed E-state index contributed by atoms with van der Waals surface area (Å²) in [5.74, 6) is -0.267. The van der Waals surface area contributed by atoms with Gasteiger partial charge in [0.05, 0.1) is 0 Å². The summed E-state index contributed by atoms with van der Waals surface area (Å²) in [6.07, 6.45) is 4.21. The Bertz CT molecular complexity index is 377. The van der Waals surface area contributed by atoms with E-state index in [9.17, 15) is 4.39 Å². The average Bonchev–Trinajstić information content (AvgIpc) is 2.72. The second-order valence-corrected chi connectivity index (χ2v) is 5.03. The van der Waals surface area contributed by atoms with Gasteiger partial charge in [0.1, 0.15) is 5.82 Å². The molecule has 3 nitrogen and oxygen atoms in total. The molecule has 1 fully saturated rings. The van der Waals surface area contributed by atoms with Gasteiger partial charge < -0.3 is 10.8 Å². The maximum atomic E-state index is 13.3. The quantitative estimate of drug-likeness (QED) is 0.789. The van der Waals surface area contributed by atoms with Crippen molar-refractivity contribution >= 4 is 5.69 Å². The van der Waals surface area contributed by atoms with Crippen LogP contribution in [0.3, 0.4) is 0 Å². The van der Waals surface area contributed by atoms with Crippen LogP contribution in [-0.2, 0) is 6.54 Å². The molecule has 1 heterocycles. The first-order valence-corrected chi connectivity index (χ1v) is 6.59. The number of nitrogen functional groups attached to an aromatic ring is 1. The highest BCUT2D eigenvalue weighted by atomic mass is 19.1. The number of rotatable bonds is 5. The van der Waals surface area contributed by atoms with Crippen molar-refractivity contribution in [2.24, 2.45) is 0 Å². The Morgan fingerprint density at radius 1 is 1.39 bits per heavy atom. The first kappa shape index (κ1) is 13.3. The van der Waals surface area contributed by atoms with Crippen LogP contribution in [-0.4, -0.2) is 29.2 Å². The molecule has 3 N–H and O–H groups in total. The van der Waals surface area contributed by atoms with E-state index in [4.69, 9.17) is 10.8 Å². The van der Waals surface area contributed by atoms with Gasteiger partial charge in [-0.1, -0.05) is 0 Å². The molecule has 18 heavy (non-hydrogen) atoms. The molecule has 0 aliphatic carbocycles. The van der Waals surface area contributed by atoms with Crippen molar-refractivity contribution in [3.05, 3.63) is 29.6 Å². The van der Waals surface area contributed by atoms with Crippen molar-refractivity contribution in [2.45, 2.75) is 38.3 Å². The number of nitrogens with two attached hydrogens (primary N) is 1. The lowest BCUT2D eigenvalue weighted by Crippen LogP contribution is -2.29. The molecule has 0 bridgehead atoms. The smallest absolute Gasteiger partial charge is 0.125 e. The van der Waals surface area contributed by atoms with Gasteiger partial charge in [-0.3, -0.25) is 4.90 Å². The van der Waals surface area contributed by atoms with Crippen molar-refractivity contribution in [2.75, 3.05) is 18.9 Å². The molecule has 1 aliphatic rings. The van der Waals surface area contributed by atoms with Crippen LogP contribution in [0.25, 0.3) is 0 Å². The van der Waals surface area contributed by atoms with Crippen molar-refractivity contribution in [3.8, 4) is 0 Å². The summed E-state index contributed by atoms with van der Waals surface area (Å²) < 4.78 is 13.3. The minimum absolute atomic E-state index is 0.247. The molecule has 0 radical (unpaired) electrons. The molecule has 0 aromatic heterocycles. The van der Waals surface area contributed by atoms with Crippen LogP contribution < -0.4 is 5.73 Å². The van der Waals surface area contributed by atoms with Gasteiger partial charge in [0.15, 0.2) is 0 Å². The van der Waals surface area contributed by atoms with Crippen molar-refractivity contribution in [1.29, 1.82) is 0 Å². The van der Waals surface area contributed by atoms with E-state index >= 15 is 0 Å². The van der Waals surface area contributed by atoms with Crippen LogP contribution in [0.15, 0.2) is 18.2 Å². The molecular weight excluding hydrogens is 231 g/mol. The highest BCUT2D eigenvalue weighted by Crippen LogP contribution is 2.24. The summed E-state index contributed by atoms with van der Waals surface area (Å²) in [7, 11) is 0. The Kier molecular flexibility index (Phi) is 4.55. The highest BCUT2D eigenvalue weighted by molar-refractivity contribution is 5.41. The number of hydrogen-bond acceptors (Lipinski definition) is 3. The maximum Gasteiger partial charge on any atom is 0.125 e. The highest BCUT2D eigenvalue weighted by Gasteiger charge is 2.23. The fourth-order valence-corrected chi connectivity index (χ4v) is 2.76. The molecule has 0 saturated carbocycles. The van der Waals surface area contributed by atoms with Gasteiger partial charge in [0.2, 0.25) is 0 Å². The van der Waals surface area contributed by atoms with Crippen LogP contribution in [0, 0.1) is 5.82 Å². The van der Waals surface area contributed by atoms with Crippen LogP contribution in [0.2, 0.25) is 0 Å². The van der Waals surface area contributed by atoms with Gasteiger partial charge >= 0.3 is 0 Å². The summed E-state index contributed by atoms with van der Waals surface area (Å²) in [5.41, 5.74) is 7.07. The van der Waals surface area contributed by atoms with Crippen LogP contribution >= 0.6 is 0 Å². The summed E-state index contributed by atoms with van der Waals surface area (Å²) >= 11 is 0. The topological polar surface area (TPSA) is 49.5 Å². The maximum absolute atomic E-state index is 13.3. The molecule has 4 heteroatoms. The van der Waals surface area contributed by atoms with Gasteiger partial charge in [-0.2, -0.15) is 0 Å². The minimum Gasteiger partial charge on any atom is -0.399 e. The molecular formula is C14H21FN2O. The number of hydrogen-bond donors (Lipinski definition) is 2. The zero-order valence-electron chi connectivity index (χ0n) is 10.6. The summed E-state index contributed by atoms with van der Waals surface area (Å²) in [4.78, 5) is 2.36. The van der Waals surface area contributed by atoms with Gasteiger partial charge in [-0.05, 0) is 56.0 Å². The largest absolute Gasteiger partial charge is 0.399 e. The Morgan fingerprint density at radius 3 is 2.94 bits per heavy atom. The average molecular weight is 252 g/mol. The van der Waals surface area contributed by atoms with E-state index in [1.54, 1.807) is 6.07 Å². The first-order valence-electron chi connectivity index (χ1n) is 6.59. The molecule has 1 aromatic carbocycles. The molecule has 1 aromatic rings. The fraction of sp³-hybridized carbons (Fsp3) is 0.571. The third-order valence-electron chi connectivity index (χ3n) is 3.56. The molecule has 100 valence electrons. The molecule has 1 aliphatic heterocycles. The van der Waals surface area contributed by atoms with E-state index in [1.807, 2.05) is 6.07 Å².